The van der Waals surface area contributed by atoms with Crippen LogP contribution in [0.2, 0.25) is 0 Å². The van der Waals surface area contributed by atoms with Crippen LogP contribution < -0.4 is 21.3 Å². The van der Waals surface area contributed by atoms with Gasteiger partial charge < -0.3 is 39.4 Å². The lowest BCUT2D eigenvalue weighted by Gasteiger charge is -2.13. The van der Waals surface area contributed by atoms with Crippen molar-refractivity contribution in [1.82, 2.24) is 95.6 Å². The van der Waals surface area contributed by atoms with Gasteiger partial charge in [0, 0.05) is 82.2 Å². The van der Waals surface area contributed by atoms with Crippen molar-refractivity contribution in [2.45, 2.75) is 83.1 Å². The van der Waals surface area contributed by atoms with Gasteiger partial charge in [0.15, 0.2) is 5.82 Å². The highest BCUT2D eigenvalue weighted by Crippen LogP contribution is 2.38. The number of halogens is 4. The van der Waals surface area contributed by atoms with E-state index >= 15 is 0 Å². The van der Waals surface area contributed by atoms with Crippen molar-refractivity contribution in [1.29, 1.82) is 0 Å². The van der Waals surface area contributed by atoms with Crippen molar-refractivity contribution in [3.63, 3.8) is 0 Å². The number of benzene rings is 5. The molecule has 0 spiro atoms. The highest BCUT2D eigenvalue weighted by Gasteiger charge is 2.20. The number of aryl methyl sites for hydroxylation is 12. The van der Waals surface area contributed by atoms with E-state index in [1.807, 2.05) is 155 Å². The number of nitrogens with zero attached hydrogens (tertiary/aromatic N) is 19. The standard InChI is InChI=1S/C20H18BrN5O.3C19H17BrN6O/c1-12-4-5-15(20-13(2)24-27-14(20)3)10-18(12)23-16-6-7-19(17(21)11-16)26-9-8-22-25-26;1-11-17(8-14(10-21-11)19-12(2)24-27-13(19)3)23-15-4-5-18(16(20)9-15)26-7-6-22-25-26;1-11-10-21-17(19-12(2)24-27-13(19)3)9-16(11)23-14-4-5-18(15(20)8-14)26-7-6-22-25-26;1-11-4-5-14(18-12(2)24-27-13(18)3)8-17(11)23-15-9-16(20)19(21-10-15)26-7-6-22-25-26/h4-11,23H,1-3H3;4-10,23H,1-3H3;4-10H,1-3H3,(H,21,23);4-10,23H,1-3H3. The summed E-state index contributed by atoms with van der Waals surface area (Å²) >= 11 is 14.4. The Kier molecular flexibility index (Phi) is 22.6. The highest BCUT2D eigenvalue weighted by molar-refractivity contribution is 9.11. The first-order valence-electron chi connectivity index (χ1n) is 33.6. The van der Waals surface area contributed by atoms with Crippen molar-refractivity contribution in [3.05, 3.63) is 263 Å². The lowest BCUT2D eigenvalue weighted by Crippen LogP contribution is -2.01. The molecule has 0 saturated carbocycles. The van der Waals surface area contributed by atoms with E-state index in [-0.39, 0.29) is 0 Å². The molecule has 0 aliphatic heterocycles. The largest absolute Gasteiger partial charge is 0.361 e. The van der Waals surface area contributed by atoms with E-state index < -0.39 is 0 Å². The van der Waals surface area contributed by atoms with Crippen LogP contribution in [0.25, 0.3) is 67.5 Å². The van der Waals surface area contributed by atoms with Crippen molar-refractivity contribution in [2.24, 2.45) is 0 Å². The van der Waals surface area contributed by atoms with Crippen molar-refractivity contribution < 1.29 is 18.1 Å². The van der Waals surface area contributed by atoms with Gasteiger partial charge in [0.25, 0.3) is 0 Å². The smallest absolute Gasteiger partial charge is 0.169 e. The zero-order valence-corrected chi connectivity index (χ0v) is 66.7. The number of nitrogens with one attached hydrogen (secondary N) is 4. The molecule has 0 aliphatic rings. The summed E-state index contributed by atoms with van der Waals surface area (Å²) in [5.41, 5.74) is 26.0. The summed E-state index contributed by atoms with van der Waals surface area (Å²) in [4.78, 5) is 13.5. The van der Waals surface area contributed by atoms with E-state index in [1.165, 1.54) is 0 Å². The minimum absolute atomic E-state index is 0.680. The number of hydrogen-bond acceptors (Lipinski definition) is 23. The molecule has 11 heterocycles. The Bertz CT molecular complexity index is 5040. The second-order valence-electron chi connectivity index (χ2n) is 25.0. The van der Waals surface area contributed by atoms with Gasteiger partial charge >= 0.3 is 0 Å². The number of pyridine rings is 3. The quantitative estimate of drug-likeness (QED) is 0.0698. The van der Waals surface area contributed by atoms with Crippen LogP contribution in [0.5, 0.6) is 0 Å². The molecule has 16 aromatic rings. The second kappa shape index (κ2) is 32.8. The Labute approximate surface area is 653 Å². The van der Waals surface area contributed by atoms with E-state index in [0.717, 1.165) is 193 Å². The molecule has 0 atom stereocenters. The summed E-state index contributed by atoms with van der Waals surface area (Å²) < 4.78 is 31.5. The van der Waals surface area contributed by atoms with Gasteiger partial charge in [0.1, 0.15) is 23.0 Å². The molecule has 11 aromatic heterocycles. The average Bonchev–Trinajstić information content (AvgIpc) is 1.54. The lowest BCUT2D eigenvalue weighted by atomic mass is 10.0. The monoisotopic (exact) mass is 1700 g/mol. The maximum atomic E-state index is 5.31. The van der Waals surface area contributed by atoms with Crippen LogP contribution in [0.3, 0.4) is 0 Å². The van der Waals surface area contributed by atoms with Crippen molar-refractivity contribution in [2.75, 3.05) is 21.3 Å². The molecule has 544 valence electrons. The fourth-order valence-corrected chi connectivity index (χ4v) is 14.1. The molecule has 0 unspecified atom stereocenters. The zero-order valence-electron chi connectivity index (χ0n) is 60.4. The first-order chi connectivity index (χ1) is 52.1. The zero-order chi connectivity index (χ0) is 75.9. The summed E-state index contributed by atoms with van der Waals surface area (Å²) in [5, 5.41) is 61.4. The molecule has 5 aromatic carbocycles. The summed E-state index contributed by atoms with van der Waals surface area (Å²) in [6.45, 7) is 23.5. The van der Waals surface area contributed by atoms with Gasteiger partial charge in [-0.25, -0.2) is 23.7 Å². The molecule has 4 N–H and O–H groups in total. The normalized spacial score (nSPS) is 11.0. The van der Waals surface area contributed by atoms with Gasteiger partial charge in [0.2, 0.25) is 0 Å². The van der Waals surface area contributed by atoms with Gasteiger partial charge in [0.05, 0.1) is 128 Å². The van der Waals surface area contributed by atoms with Gasteiger partial charge in [-0.2, -0.15) is 0 Å². The molecule has 0 amide bonds. The van der Waals surface area contributed by atoms with E-state index in [2.05, 4.69) is 218 Å². The Hall–Kier alpha value is -11.9. The molecule has 27 nitrogen and oxygen atoms in total. The van der Waals surface area contributed by atoms with E-state index in [0.29, 0.717) is 5.82 Å². The van der Waals surface area contributed by atoms with Crippen LogP contribution in [-0.2, 0) is 0 Å². The third kappa shape index (κ3) is 16.8. The summed E-state index contributed by atoms with van der Waals surface area (Å²) in [5.74, 6) is 3.85. The van der Waals surface area contributed by atoms with Gasteiger partial charge in [-0.3, -0.25) is 9.97 Å². The Morgan fingerprint density at radius 1 is 0.306 bits per heavy atom. The van der Waals surface area contributed by atoms with Gasteiger partial charge in [-0.05, 0) is 260 Å². The lowest BCUT2D eigenvalue weighted by molar-refractivity contribution is 0.393. The maximum absolute atomic E-state index is 5.31. The van der Waals surface area contributed by atoms with Crippen LogP contribution >= 0.6 is 63.7 Å². The number of anilines is 8. The Morgan fingerprint density at radius 2 is 0.676 bits per heavy atom. The Balaban J connectivity index is 0.000000127. The predicted octanol–water partition coefficient (Wildman–Crippen LogP) is 19.6. The minimum atomic E-state index is 0.680. The topological polar surface area (TPSA) is 314 Å². The summed E-state index contributed by atoms with van der Waals surface area (Å²) in [6, 6.07) is 36.6. The average molecular weight is 1700 g/mol. The molecule has 0 fully saturated rings. The molecule has 0 aliphatic carbocycles. The summed E-state index contributed by atoms with van der Waals surface area (Å²) in [6.07, 6.45) is 19.2. The minimum Gasteiger partial charge on any atom is -0.361 e. The maximum Gasteiger partial charge on any atom is 0.169 e. The second-order valence-corrected chi connectivity index (χ2v) is 28.4. The Morgan fingerprint density at radius 3 is 1.06 bits per heavy atom. The van der Waals surface area contributed by atoms with E-state index in [4.69, 9.17) is 18.1 Å². The van der Waals surface area contributed by atoms with E-state index in [9.17, 15) is 0 Å². The third-order valence-electron chi connectivity index (χ3n) is 17.3. The fourth-order valence-electron chi connectivity index (χ4n) is 11.9. The molecule has 0 bridgehead atoms. The molecule has 31 heteroatoms. The number of aromatic nitrogens is 19. The van der Waals surface area contributed by atoms with Gasteiger partial charge in [-0.15, -0.1) is 20.4 Å². The molecular weight excluding hydrogens is 1630 g/mol. The van der Waals surface area contributed by atoms with Crippen molar-refractivity contribution in [3.8, 4) is 67.5 Å². The van der Waals surface area contributed by atoms with Crippen LogP contribution in [-0.4, -0.2) is 95.6 Å². The molecule has 0 radical (unpaired) electrons. The number of rotatable bonds is 16. The molecular formula is C77H69Br4N23O4. The first kappa shape index (κ1) is 74.3. The van der Waals surface area contributed by atoms with E-state index in [1.54, 1.807) is 68.3 Å². The van der Waals surface area contributed by atoms with Crippen LogP contribution in [0, 0.1) is 83.1 Å². The SMILES string of the molecule is Cc1ccc(-c2c(C)noc2C)cc1Nc1ccc(-n2ccnn2)c(Br)c1.Cc1ccc(-c2c(C)noc2C)cc1Nc1cnc(-n2ccnn2)c(Br)c1.Cc1cnc(-c2c(C)noc2C)cc1Nc1ccc(-n2ccnn2)c(Br)c1.Cc1ncc(-c2c(C)noc2C)cc1Nc1ccc(-n2ccnn2)c(Br)c1. The first-order valence-corrected chi connectivity index (χ1v) is 36.7. The molecule has 0 saturated heterocycles. The molecule has 108 heavy (non-hydrogen) atoms. The van der Waals surface area contributed by atoms with Gasteiger partial charge in [-0.1, -0.05) is 65.7 Å². The van der Waals surface area contributed by atoms with Crippen LogP contribution in [0.1, 0.15) is 68.2 Å². The predicted molar refractivity (Wildman–Crippen MR) is 427 cm³/mol. The highest BCUT2D eigenvalue weighted by atomic mass is 79.9. The van der Waals surface area contributed by atoms with Crippen molar-refractivity contribution >= 4 is 109 Å². The fraction of sp³-hybridized carbons (Fsp3) is 0.156. The van der Waals surface area contributed by atoms with Crippen LogP contribution in [0.4, 0.5) is 45.5 Å². The third-order valence-corrected chi connectivity index (χ3v) is 19.8. The van der Waals surface area contributed by atoms with Crippen LogP contribution in [0.15, 0.2) is 213 Å². The molecule has 16 rings (SSSR count). The summed E-state index contributed by atoms with van der Waals surface area (Å²) in [7, 11) is 0. The number of hydrogen-bond donors (Lipinski definition) is 4.